The maximum absolute atomic E-state index is 14.3. The second-order valence-electron chi connectivity index (χ2n) is 5.39. The highest BCUT2D eigenvalue weighted by molar-refractivity contribution is 7.98. The van der Waals surface area contributed by atoms with Crippen molar-refractivity contribution < 1.29 is 22.8 Å². The number of fused-ring (bicyclic) bond motifs is 1. The number of pyridine rings is 1. The SMILES string of the molecule is O=C(NNC(=O)C(F)F)c1cnn2c(F)cc(SCc3ccccc3)cc12. The number of nitrogens with one attached hydrogen (secondary N) is 2. The number of hydrogen-bond acceptors (Lipinski definition) is 4. The first-order valence-electron chi connectivity index (χ1n) is 7.68. The van der Waals surface area contributed by atoms with E-state index in [1.165, 1.54) is 17.8 Å². The van der Waals surface area contributed by atoms with Crippen LogP contribution in [0.5, 0.6) is 0 Å². The van der Waals surface area contributed by atoms with Crippen LogP contribution in [0.2, 0.25) is 0 Å². The van der Waals surface area contributed by atoms with E-state index in [2.05, 4.69) is 5.10 Å². The summed E-state index contributed by atoms with van der Waals surface area (Å²) in [6, 6.07) is 12.4. The fourth-order valence-electron chi connectivity index (χ4n) is 2.26. The molecule has 3 aromatic rings. The van der Waals surface area contributed by atoms with Crippen molar-refractivity contribution in [2.75, 3.05) is 0 Å². The lowest BCUT2D eigenvalue weighted by Gasteiger charge is -2.07. The first kappa shape index (κ1) is 18.8. The van der Waals surface area contributed by atoms with Crippen LogP contribution in [0.3, 0.4) is 0 Å². The molecule has 27 heavy (non-hydrogen) atoms. The van der Waals surface area contributed by atoms with Gasteiger partial charge in [-0.1, -0.05) is 30.3 Å². The Labute approximate surface area is 155 Å². The van der Waals surface area contributed by atoms with E-state index in [-0.39, 0.29) is 11.1 Å². The van der Waals surface area contributed by atoms with Gasteiger partial charge < -0.3 is 0 Å². The van der Waals surface area contributed by atoms with Crippen LogP contribution in [0, 0.1) is 5.95 Å². The minimum atomic E-state index is -3.27. The summed E-state index contributed by atoms with van der Waals surface area (Å²) < 4.78 is 39.5. The second kappa shape index (κ2) is 8.12. The van der Waals surface area contributed by atoms with Gasteiger partial charge in [-0.3, -0.25) is 20.4 Å². The summed E-state index contributed by atoms with van der Waals surface area (Å²) in [4.78, 5) is 23.5. The van der Waals surface area contributed by atoms with E-state index < -0.39 is 24.2 Å². The number of benzene rings is 1. The fraction of sp³-hybridized carbons (Fsp3) is 0.118. The number of alkyl halides is 2. The van der Waals surface area contributed by atoms with E-state index >= 15 is 0 Å². The Hall–Kier alpha value is -3.01. The van der Waals surface area contributed by atoms with E-state index in [4.69, 9.17) is 0 Å². The molecule has 0 spiro atoms. The first-order valence-corrected chi connectivity index (χ1v) is 8.66. The molecule has 2 amide bonds. The van der Waals surface area contributed by atoms with Gasteiger partial charge in [0.2, 0.25) is 5.95 Å². The van der Waals surface area contributed by atoms with Crippen molar-refractivity contribution in [2.24, 2.45) is 0 Å². The second-order valence-corrected chi connectivity index (χ2v) is 6.44. The molecule has 1 aromatic carbocycles. The van der Waals surface area contributed by atoms with Crippen LogP contribution in [0.15, 0.2) is 53.6 Å². The lowest BCUT2D eigenvalue weighted by molar-refractivity contribution is -0.132. The van der Waals surface area contributed by atoms with Crippen LogP contribution in [-0.2, 0) is 10.5 Å². The Kier molecular flexibility index (Phi) is 5.65. The van der Waals surface area contributed by atoms with Gasteiger partial charge >= 0.3 is 12.3 Å². The standard InChI is InChI=1S/C17H13F3N4O2S/c18-14-7-11(27-9-10-4-2-1-3-5-10)6-13-12(8-21-24(13)14)16(25)22-23-17(26)15(19)20/h1-8,15H,9H2,(H,22,25)(H,23,26). The smallest absolute Gasteiger partial charge is 0.267 e. The van der Waals surface area contributed by atoms with Crippen molar-refractivity contribution in [2.45, 2.75) is 17.1 Å². The summed E-state index contributed by atoms with van der Waals surface area (Å²) >= 11 is 1.37. The Morgan fingerprint density at radius 3 is 2.59 bits per heavy atom. The van der Waals surface area contributed by atoms with Gasteiger partial charge in [0.1, 0.15) is 0 Å². The molecule has 0 aliphatic heterocycles. The zero-order valence-corrected chi connectivity index (χ0v) is 14.5. The summed E-state index contributed by atoms with van der Waals surface area (Å²) in [5.74, 6) is -2.62. The number of hydrogen-bond donors (Lipinski definition) is 2. The highest BCUT2D eigenvalue weighted by Crippen LogP contribution is 2.26. The molecular formula is C17H13F3N4O2S. The molecule has 0 aliphatic rings. The Bertz CT molecular complexity index is 979. The molecular weight excluding hydrogens is 381 g/mol. The van der Waals surface area contributed by atoms with Gasteiger partial charge in [-0.25, -0.2) is 4.52 Å². The van der Waals surface area contributed by atoms with Crippen molar-refractivity contribution in [1.82, 2.24) is 20.5 Å². The average Bonchev–Trinajstić information content (AvgIpc) is 3.09. The molecule has 3 rings (SSSR count). The third kappa shape index (κ3) is 4.40. The van der Waals surface area contributed by atoms with Crippen molar-refractivity contribution >= 4 is 29.1 Å². The predicted octanol–water partition coefficient (Wildman–Crippen LogP) is 2.79. The Balaban J connectivity index is 1.80. The molecule has 0 atom stereocenters. The summed E-state index contributed by atoms with van der Waals surface area (Å²) in [7, 11) is 0. The summed E-state index contributed by atoms with van der Waals surface area (Å²) in [6.45, 7) is 0. The van der Waals surface area contributed by atoms with Gasteiger partial charge in [0.25, 0.3) is 5.91 Å². The third-order valence-corrected chi connectivity index (χ3v) is 4.59. The lowest BCUT2D eigenvalue weighted by atomic mass is 10.2. The van der Waals surface area contributed by atoms with Gasteiger partial charge in [-0.15, -0.1) is 11.8 Å². The normalized spacial score (nSPS) is 11.0. The number of amides is 2. The number of rotatable bonds is 5. The molecule has 10 heteroatoms. The van der Waals surface area contributed by atoms with Crippen molar-refractivity contribution in [3.8, 4) is 0 Å². The van der Waals surface area contributed by atoms with E-state index in [0.717, 1.165) is 16.3 Å². The number of carbonyl (C=O) groups excluding carboxylic acids is 2. The molecule has 0 unspecified atom stereocenters. The average molecular weight is 394 g/mol. The number of halogens is 3. The molecule has 0 bridgehead atoms. The number of thioether (sulfide) groups is 1. The van der Waals surface area contributed by atoms with E-state index in [9.17, 15) is 22.8 Å². The quantitative estimate of drug-likeness (QED) is 0.396. The number of hydrazine groups is 1. The van der Waals surface area contributed by atoms with Crippen molar-refractivity contribution in [1.29, 1.82) is 0 Å². The van der Waals surface area contributed by atoms with Gasteiger partial charge in [0.15, 0.2) is 0 Å². The van der Waals surface area contributed by atoms with E-state index in [0.29, 0.717) is 10.6 Å². The maximum Gasteiger partial charge on any atom is 0.317 e. The number of nitrogens with zero attached hydrogens (tertiary/aromatic N) is 2. The number of aromatic nitrogens is 2. The summed E-state index contributed by atoms with van der Waals surface area (Å²) in [5.41, 5.74) is 4.57. The van der Waals surface area contributed by atoms with Crippen LogP contribution in [0.1, 0.15) is 15.9 Å². The molecule has 0 saturated carbocycles. The zero-order chi connectivity index (χ0) is 19.4. The van der Waals surface area contributed by atoms with Gasteiger partial charge in [0.05, 0.1) is 17.3 Å². The topological polar surface area (TPSA) is 75.5 Å². The molecule has 0 fully saturated rings. The van der Waals surface area contributed by atoms with Crippen LogP contribution < -0.4 is 10.9 Å². The zero-order valence-electron chi connectivity index (χ0n) is 13.7. The summed E-state index contributed by atoms with van der Waals surface area (Å²) in [6.07, 6.45) is -2.18. The van der Waals surface area contributed by atoms with Gasteiger partial charge in [0, 0.05) is 16.7 Å². The fourth-order valence-corrected chi connectivity index (χ4v) is 3.16. The van der Waals surface area contributed by atoms with Gasteiger partial charge in [-0.05, 0) is 11.6 Å². The molecule has 2 heterocycles. The van der Waals surface area contributed by atoms with Crippen LogP contribution in [0.4, 0.5) is 13.2 Å². The molecule has 0 aliphatic carbocycles. The van der Waals surface area contributed by atoms with Crippen LogP contribution in [-0.4, -0.2) is 27.9 Å². The third-order valence-electron chi connectivity index (χ3n) is 3.54. The van der Waals surface area contributed by atoms with Crippen LogP contribution >= 0.6 is 11.8 Å². The Morgan fingerprint density at radius 2 is 1.89 bits per heavy atom. The lowest BCUT2D eigenvalue weighted by Crippen LogP contribution is -2.44. The monoisotopic (exact) mass is 394 g/mol. The highest BCUT2D eigenvalue weighted by atomic mass is 32.2. The van der Waals surface area contributed by atoms with Gasteiger partial charge in [-0.2, -0.15) is 18.3 Å². The number of carbonyl (C=O) groups is 2. The van der Waals surface area contributed by atoms with Crippen molar-refractivity contribution in [3.05, 3.63) is 65.7 Å². The molecule has 140 valence electrons. The van der Waals surface area contributed by atoms with E-state index in [1.54, 1.807) is 11.5 Å². The minimum absolute atomic E-state index is 0.0642. The first-order chi connectivity index (χ1) is 13.0. The largest absolute Gasteiger partial charge is 0.317 e. The molecule has 0 radical (unpaired) electrons. The maximum atomic E-state index is 14.3. The van der Waals surface area contributed by atoms with Crippen molar-refractivity contribution in [3.63, 3.8) is 0 Å². The predicted molar refractivity (Wildman–Crippen MR) is 92.8 cm³/mol. The highest BCUT2D eigenvalue weighted by Gasteiger charge is 2.19. The molecule has 2 aromatic heterocycles. The summed E-state index contributed by atoms with van der Waals surface area (Å²) in [5, 5.41) is 3.77. The minimum Gasteiger partial charge on any atom is -0.267 e. The molecule has 2 N–H and O–H groups in total. The van der Waals surface area contributed by atoms with E-state index in [1.807, 2.05) is 35.8 Å². The molecule has 6 nitrogen and oxygen atoms in total. The molecule has 0 saturated heterocycles. The Morgan fingerprint density at radius 1 is 1.15 bits per heavy atom. The van der Waals surface area contributed by atoms with Crippen LogP contribution in [0.25, 0.3) is 5.52 Å².